The van der Waals surface area contributed by atoms with E-state index in [1.165, 1.54) is 4.88 Å². The molecule has 104 valence electrons. The van der Waals surface area contributed by atoms with Crippen LogP contribution in [0.15, 0.2) is 0 Å². The molecule has 5 nitrogen and oxygen atoms in total. The third-order valence-corrected chi connectivity index (χ3v) is 4.70. The highest BCUT2D eigenvalue weighted by atomic mass is 32.1. The van der Waals surface area contributed by atoms with Crippen molar-refractivity contribution in [2.45, 2.75) is 50.7 Å². The maximum absolute atomic E-state index is 11.9. The first-order valence-corrected chi connectivity index (χ1v) is 7.68. The summed E-state index contributed by atoms with van der Waals surface area (Å²) in [6, 6.07) is 0.239. The van der Waals surface area contributed by atoms with Crippen LogP contribution in [-0.4, -0.2) is 29.6 Å². The number of nitrogens with zero attached hydrogens (tertiary/aromatic N) is 1. The summed E-state index contributed by atoms with van der Waals surface area (Å²) >= 11 is 1.56. The molecule has 1 aromatic heterocycles. The SMILES string of the molecule is N[C@H]1CCc2nc(NC(=O)CC3CCCO3)sc2C1. The topological polar surface area (TPSA) is 77.2 Å². The van der Waals surface area contributed by atoms with Crippen LogP contribution in [0.1, 0.15) is 36.3 Å². The Labute approximate surface area is 116 Å². The smallest absolute Gasteiger partial charge is 0.228 e. The van der Waals surface area contributed by atoms with Gasteiger partial charge in [0.15, 0.2) is 5.13 Å². The molecule has 0 saturated carbocycles. The quantitative estimate of drug-likeness (QED) is 0.879. The second kappa shape index (κ2) is 5.56. The van der Waals surface area contributed by atoms with E-state index in [9.17, 15) is 4.79 Å². The Kier molecular flexibility index (Phi) is 3.81. The van der Waals surface area contributed by atoms with Gasteiger partial charge in [0, 0.05) is 17.5 Å². The Morgan fingerprint density at radius 2 is 2.42 bits per heavy atom. The Bertz CT molecular complexity index is 468. The Hall–Kier alpha value is -0.980. The summed E-state index contributed by atoms with van der Waals surface area (Å²) < 4.78 is 5.46. The minimum Gasteiger partial charge on any atom is -0.378 e. The molecule has 0 aromatic carbocycles. The van der Waals surface area contributed by atoms with E-state index in [2.05, 4.69) is 10.3 Å². The van der Waals surface area contributed by atoms with Gasteiger partial charge in [0.25, 0.3) is 0 Å². The van der Waals surface area contributed by atoms with Crippen molar-refractivity contribution in [3.8, 4) is 0 Å². The first kappa shape index (κ1) is 13.0. The zero-order chi connectivity index (χ0) is 13.2. The number of aromatic nitrogens is 1. The largest absolute Gasteiger partial charge is 0.378 e. The molecule has 6 heteroatoms. The predicted octanol–water partition coefficient (Wildman–Crippen LogP) is 1.47. The van der Waals surface area contributed by atoms with Crippen LogP contribution in [-0.2, 0) is 22.4 Å². The summed E-state index contributed by atoms with van der Waals surface area (Å²) in [6.45, 7) is 0.779. The number of amides is 1. The molecule has 1 unspecified atom stereocenters. The lowest BCUT2D eigenvalue weighted by molar-refractivity contribution is -0.118. The minimum atomic E-state index is 0.00213. The van der Waals surface area contributed by atoms with Crippen molar-refractivity contribution < 1.29 is 9.53 Å². The molecule has 0 radical (unpaired) electrons. The number of aryl methyl sites for hydroxylation is 1. The summed E-state index contributed by atoms with van der Waals surface area (Å²) in [5, 5.41) is 3.60. The lowest BCUT2D eigenvalue weighted by Crippen LogP contribution is -2.27. The Morgan fingerprint density at radius 1 is 1.53 bits per heavy atom. The van der Waals surface area contributed by atoms with Crippen molar-refractivity contribution in [1.82, 2.24) is 4.98 Å². The van der Waals surface area contributed by atoms with Crippen LogP contribution in [0, 0.1) is 0 Å². The average Bonchev–Trinajstić information content (AvgIpc) is 2.97. The maximum atomic E-state index is 11.9. The second-order valence-electron chi connectivity index (χ2n) is 5.28. The molecule has 19 heavy (non-hydrogen) atoms. The predicted molar refractivity (Wildman–Crippen MR) is 74.3 cm³/mol. The highest BCUT2D eigenvalue weighted by molar-refractivity contribution is 7.15. The molecular weight excluding hydrogens is 262 g/mol. The highest BCUT2D eigenvalue weighted by Gasteiger charge is 2.22. The monoisotopic (exact) mass is 281 g/mol. The zero-order valence-corrected chi connectivity index (χ0v) is 11.7. The van der Waals surface area contributed by atoms with Crippen molar-refractivity contribution in [3.05, 3.63) is 10.6 Å². The number of fused-ring (bicyclic) bond motifs is 1. The minimum absolute atomic E-state index is 0.00213. The van der Waals surface area contributed by atoms with Gasteiger partial charge in [-0.15, -0.1) is 11.3 Å². The number of hydrogen-bond acceptors (Lipinski definition) is 5. The number of hydrogen-bond donors (Lipinski definition) is 2. The van der Waals surface area contributed by atoms with Gasteiger partial charge in [-0.3, -0.25) is 4.79 Å². The van der Waals surface area contributed by atoms with Crippen molar-refractivity contribution in [2.75, 3.05) is 11.9 Å². The number of rotatable bonds is 3. The van der Waals surface area contributed by atoms with Crippen LogP contribution >= 0.6 is 11.3 Å². The van der Waals surface area contributed by atoms with Gasteiger partial charge in [0.05, 0.1) is 18.2 Å². The molecule has 0 spiro atoms. The molecule has 1 fully saturated rings. The summed E-state index contributed by atoms with van der Waals surface area (Å²) in [7, 11) is 0. The van der Waals surface area contributed by atoms with Gasteiger partial charge in [0.2, 0.25) is 5.91 Å². The number of nitrogens with one attached hydrogen (secondary N) is 1. The first-order valence-electron chi connectivity index (χ1n) is 6.86. The maximum Gasteiger partial charge on any atom is 0.228 e. The van der Waals surface area contributed by atoms with Crippen LogP contribution in [0.2, 0.25) is 0 Å². The van der Waals surface area contributed by atoms with Gasteiger partial charge in [-0.1, -0.05) is 0 Å². The summed E-state index contributed by atoms with van der Waals surface area (Å²) in [4.78, 5) is 17.6. The molecule has 3 rings (SSSR count). The van der Waals surface area contributed by atoms with Crippen molar-refractivity contribution in [1.29, 1.82) is 0 Å². The summed E-state index contributed by atoms with van der Waals surface area (Å²) in [5.74, 6) is 0.00213. The molecule has 2 aliphatic rings. The molecule has 3 N–H and O–H groups in total. The van der Waals surface area contributed by atoms with Gasteiger partial charge in [0.1, 0.15) is 0 Å². The van der Waals surface area contributed by atoms with Crippen LogP contribution < -0.4 is 11.1 Å². The standard InChI is InChI=1S/C13H19N3O2S/c14-8-3-4-10-11(6-8)19-13(15-10)16-12(17)7-9-2-1-5-18-9/h8-9H,1-7,14H2,(H,15,16,17)/t8-,9?/m0/s1. The van der Waals surface area contributed by atoms with E-state index in [1.807, 2.05) is 0 Å². The number of thiazole rings is 1. The molecule has 1 amide bonds. The van der Waals surface area contributed by atoms with Crippen LogP contribution in [0.3, 0.4) is 0 Å². The number of anilines is 1. The lowest BCUT2D eigenvalue weighted by Gasteiger charge is -2.15. The fourth-order valence-electron chi connectivity index (χ4n) is 2.64. The van der Waals surface area contributed by atoms with E-state index >= 15 is 0 Å². The highest BCUT2D eigenvalue weighted by Crippen LogP contribution is 2.29. The van der Waals surface area contributed by atoms with E-state index < -0.39 is 0 Å². The summed E-state index contributed by atoms with van der Waals surface area (Å²) in [6.07, 6.45) is 5.36. The molecule has 1 saturated heterocycles. The lowest BCUT2D eigenvalue weighted by atomic mass is 9.99. The Balaban J connectivity index is 1.59. The number of carbonyl (C=O) groups excluding carboxylic acids is 1. The fourth-order valence-corrected chi connectivity index (χ4v) is 3.75. The Morgan fingerprint density at radius 3 is 3.21 bits per heavy atom. The molecular formula is C13H19N3O2S. The average molecular weight is 281 g/mol. The van der Waals surface area contributed by atoms with Gasteiger partial charge in [-0.05, 0) is 32.1 Å². The van der Waals surface area contributed by atoms with E-state index in [4.69, 9.17) is 10.5 Å². The van der Waals surface area contributed by atoms with E-state index in [0.717, 1.165) is 44.4 Å². The zero-order valence-electron chi connectivity index (χ0n) is 10.9. The van der Waals surface area contributed by atoms with Crippen molar-refractivity contribution >= 4 is 22.4 Å². The third kappa shape index (κ3) is 3.13. The van der Waals surface area contributed by atoms with Crippen LogP contribution in [0.5, 0.6) is 0 Å². The van der Waals surface area contributed by atoms with Crippen LogP contribution in [0.25, 0.3) is 0 Å². The van der Waals surface area contributed by atoms with Gasteiger partial charge in [-0.25, -0.2) is 4.98 Å². The fraction of sp³-hybridized carbons (Fsp3) is 0.692. The van der Waals surface area contributed by atoms with Crippen molar-refractivity contribution in [2.24, 2.45) is 5.73 Å². The molecule has 2 heterocycles. The van der Waals surface area contributed by atoms with E-state index in [1.54, 1.807) is 11.3 Å². The number of nitrogens with two attached hydrogens (primary N) is 1. The molecule has 1 aliphatic heterocycles. The molecule has 1 aliphatic carbocycles. The first-order chi connectivity index (χ1) is 9.20. The molecule has 2 atom stereocenters. The van der Waals surface area contributed by atoms with Crippen molar-refractivity contribution in [3.63, 3.8) is 0 Å². The van der Waals surface area contributed by atoms with Crippen LogP contribution in [0.4, 0.5) is 5.13 Å². The molecule has 1 aromatic rings. The van der Waals surface area contributed by atoms with Gasteiger partial charge < -0.3 is 15.8 Å². The second-order valence-corrected chi connectivity index (χ2v) is 6.36. The van der Waals surface area contributed by atoms with E-state index in [-0.39, 0.29) is 18.1 Å². The van der Waals surface area contributed by atoms with Gasteiger partial charge >= 0.3 is 0 Å². The third-order valence-electron chi connectivity index (χ3n) is 3.66. The normalized spacial score (nSPS) is 26.2. The van der Waals surface area contributed by atoms with Gasteiger partial charge in [-0.2, -0.15) is 0 Å². The number of carbonyl (C=O) groups is 1. The van der Waals surface area contributed by atoms with E-state index in [0.29, 0.717) is 11.6 Å². The molecule has 0 bridgehead atoms. The summed E-state index contributed by atoms with van der Waals surface area (Å²) in [5.41, 5.74) is 7.05. The number of ether oxygens (including phenoxy) is 1.